The largest absolute Gasteiger partial charge is 0.389 e. The minimum atomic E-state index is 0.542. The van der Waals surface area contributed by atoms with Gasteiger partial charge in [-0.1, -0.05) is 25.3 Å². The summed E-state index contributed by atoms with van der Waals surface area (Å²) in [4.78, 5) is 0. The molecule has 0 saturated carbocycles. The van der Waals surface area contributed by atoms with E-state index in [-0.39, 0.29) is 0 Å². The first-order chi connectivity index (χ1) is 7.29. The molecule has 0 radical (unpaired) electrons. The van der Waals surface area contributed by atoms with Crippen molar-refractivity contribution in [3.63, 3.8) is 0 Å². The molecule has 2 heterocycles. The number of nitrogens with one attached hydrogen (secondary N) is 1. The summed E-state index contributed by atoms with van der Waals surface area (Å²) in [5.74, 6) is 6.89. The molecule has 0 aromatic carbocycles. The van der Waals surface area contributed by atoms with Crippen molar-refractivity contribution in [2.24, 2.45) is 0 Å². The van der Waals surface area contributed by atoms with E-state index in [1.807, 2.05) is 0 Å². The van der Waals surface area contributed by atoms with Crippen LogP contribution in [0.5, 0.6) is 0 Å². The van der Waals surface area contributed by atoms with E-state index in [1.165, 1.54) is 62.1 Å². The lowest BCUT2D eigenvalue weighted by molar-refractivity contribution is 0.590. The third kappa shape index (κ3) is 6.77. The van der Waals surface area contributed by atoms with Gasteiger partial charge in [0.1, 0.15) is 0 Å². The molecule has 2 saturated heterocycles. The molecule has 1 N–H and O–H groups in total. The highest BCUT2D eigenvalue weighted by molar-refractivity contribution is 8.14. The quantitative estimate of drug-likeness (QED) is 0.624. The van der Waals surface area contributed by atoms with Crippen molar-refractivity contribution in [1.82, 2.24) is 5.32 Å². The molecular weight excluding hydrogens is 202 g/mol. The lowest BCUT2D eigenvalue weighted by atomic mass is 10.1. The van der Waals surface area contributed by atoms with Gasteiger partial charge in [-0.3, -0.25) is 0 Å². The third-order valence-electron chi connectivity index (χ3n) is 2.90. The van der Waals surface area contributed by atoms with Crippen LogP contribution >= 0.6 is 10.5 Å². The van der Waals surface area contributed by atoms with Gasteiger partial charge in [0.2, 0.25) is 0 Å². The molecule has 0 amide bonds. The van der Waals surface area contributed by atoms with Crippen LogP contribution in [0.3, 0.4) is 0 Å². The van der Waals surface area contributed by atoms with Gasteiger partial charge in [-0.15, -0.1) is 0 Å². The van der Waals surface area contributed by atoms with Gasteiger partial charge in [-0.2, -0.15) is 10.5 Å². The van der Waals surface area contributed by atoms with E-state index in [4.69, 9.17) is 0 Å². The zero-order valence-electron chi connectivity index (χ0n) is 9.89. The Morgan fingerprint density at radius 1 is 0.933 bits per heavy atom. The Bertz CT molecular complexity index is 193. The maximum Gasteiger partial charge on any atom is 0.0143 e. The third-order valence-corrected chi connectivity index (χ3v) is 4.63. The van der Waals surface area contributed by atoms with Crippen LogP contribution in [-0.2, 0) is 0 Å². The van der Waals surface area contributed by atoms with E-state index < -0.39 is 0 Å². The Labute approximate surface area is 97.3 Å². The van der Waals surface area contributed by atoms with E-state index in [9.17, 15) is 0 Å². The van der Waals surface area contributed by atoms with Crippen molar-refractivity contribution in [1.29, 1.82) is 0 Å². The molecule has 2 aliphatic rings. The van der Waals surface area contributed by atoms with Crippen molar-refractivity contribution in [2.75, 3.05) is 18.1 Å². The van der Waals surface area contributed by atoms with Gasteiger partial charge in [0.25, 0.3) is 0 Å². The van der Waals surface area contributed by atoms with Crippen molar-refractivity contribution < 1.29 is 0 Å². The van der Waals surface area contributed by atoms with Crippen molar-refractivity contribution >= 4 is 16.4 Å². The zero-order chi connectivity index (χ0) is 10.9. The van der Waals surface area contributed by atoms with Gasteiger partial charge < -0.3 is 5.32 Å². The molecule has 2 heteroatoms. The summed E-state index contributed by atoms with van der Waals surface area (Å²) in [6.07, 6.45) is 9.61. The summed E-state index contributed by atoms with van der Waals surface area (Å²) in [5.41, 5.74) is 1.21. The molecule has 0 aromatic rings. The lowest BCUT2D eigenvalue weighted by Crippen LogP contribution is -2.18. The van der Waals surface area contributed by atoms with Gasteiger partial charge in [0, 0.05) is 12.2 Å². The molecule has 2 rings (SSSR count). The number of piperidine rings is 1. The van der Waals surface area contributed by atoms with E-state index >= 15 is 0 Å². The molecule has 1 nitrogen and oxygen atoms in total. The Balaban J connectivity index is 0.000000151. The fourth-order valence-corrected chi connectivity index (χ4v) is 3.31. The summed E-state index contributed by atoms with van der Waals surface area (Å²) in [6.45, 7) is 4.94. The first kappa shape index (κ1) is 12.8. The van der Waals surface area contributed by atoms with E-state index in [0.717, 1.165) is 6.54 Å². The summed E-state index contributed by atoms with van der Waals surface area (Å²) >= 11 is 0. The molecule has 15 heavy (non-hydrogen) atoms. The molecule has 0 spiro atoms. The van der Waals surface area contributed by atoms with Gasteiger partial charge in [-0.25, -0.2) is 0 Å². The number of hydrogen-bond donors (Lipinski definition) is 1. The van der Waals surface area contributed by atoms with Gasteiger partial charge >= 0.3 is 0 Å². The molecule has 88 valence electrons. The highest BCUT2D eigenvalue weighted by atomic mass is 32.2. The average molecular weight is 227 g/mol. The first-order valence-corrected chi connectivity index (χ1v) is 7.91. The standard InChI is InChI=1S/C7H14S.C6H11N/c1-8-6-4-2-3-5-7-8;1-6-4-2-3-5-7-6/h1-7H2;7H,1-5H2. The normalized spacial score (nSPS) is 23.3. The maximum absolute atomic E-state index is 4.09. The second-order valence-corrected chi connectivity index (χ2v) is 6.46. The van der Waals surface area contributed by atoms with Crippen molar-refractivity contribution in [3.8, 4) is 0 Å². The topological polar surface area (TPSA) is 12.0 Å². The highest BCUT2D eigenvalue weighted by Crippen LogP contribution is 2.20. The van der Waals surface area contributed by atoms with Crippen LogP contribution in [0.4, 0.5) is 0 Å². The SMILES string of the molecule is C=C1CCCCN1.C=S1CCCCCC1. The van der Waals surface area contributed by atoms with Crippen LogP contribution in [0.1, 0.15) is 44.9 Å². The lowest BCUT2D eigenvalue weighted by Gasteiger charge is -2.13. The van der Waals surface area contributed by atoms with Crippen LogP contribution in [-0.4, -0.2) is 23.9 Å². The summed E-state index contributed by atoms with van der Waals surface area (Å²) in [6, 6.07) is 0. The van der Waals surface area contributed by atoms with Crippen LogP contribution < -0.4 is 5.32 Å². The predicted octanol–water partition coefficient (Wildman–Crippen LogP) is 3.53. The number of allylic oxidation sites excluding steroid dienone is 1. The van der Waals surface area contributed by atoms with Crippen LogP contribution in [0.2, 0.25) is 0 Å². The fourth-order valence-electron chi connectivity index (χ4n) is 1.88. The predicted molar refractivity (Wildman–Crippen MR) is 73.9 cm³/mol. The first-order valence-electron chi connectivity index (χ1n) is 6.18. The number of rotatable bonds is 0. The minimum Gasteiger partial charge on any atom is -0.389 e. The van der Waals surface area contributed by atoms with E-state index in [0.29, 0.717) is 10.5 Å². The average Bonchev–Trinajstić information content (AvgIpc) is 2.48. The maximum atomic E-state index is 4.09. The Morgan fingerprint density at radius 3 is 2.00 bits per heavy atom. The Hall–Kier alpha value is -0.240. The van der Waals surface area contributed by atoms with Gasteiger partial charge in [0.05, 0.1) is 0 Å². The van der Waals surface area contributed by atoms with Gasteiger partial charge in [-0.05, 0) is 43.6 Å². The molecule has 0 aliphatic carbocycles. The highest BCUT2D eigenvalue weighted by Gasteiger charge is 1.99. The summed E-state index contributed by atoms with van der Waals surface area (Å²) in [7, 11) is 0.542. The summed E-state index contributed by atoms with van der Waals surface area (Å²) < 4.78 is 0. The molecule has 0 bridgehead atoms. The molecule has 2 aliphatic heterocycles. The summed E-state index contributed by atoms with van der Waals surface area (Å²) in [5, 5.41) is 3.19. The molecule has 0 unspecified atom stereocenters. The zero-order valence-corrected chi connectivity index (χ0v) is 10.7. The van der Waals surface area contributed by atoms with Gasteiger partial charge in [0.15, 0.2) is 0 Å². The molecule has 2 fully saturated rings. The van der Waals surface area contributed by atoms with Crippen molar-refractivity contribution in [3.05, 3.63) is 12.3 Å². The van der Waals surface area contributed by atoms with Crippen LogP contribution in [0.15, 0.2) is 12.3 Å². The number of hydrogen-bond acceptors (Lipinski definition) is 1. The second kappa shape index (κ2) is 7.98. The van der Waals surface area contributed by atoms with Crippen molar-refractivity contribution in [2.45, 2.75) is 44.9 Å². The van der Waals surface area contributed by atoms with E-state index in [2.05, 4.69) is 17.8 Å². The molecule has 0 atom stereocenters. The smallest absolute Gasteiger partial charge is 0.0143 e. The Morgan fingerprint density at radius 2 is 1.60 bits per heavy atom. The van der Waals surface area contributed by atoms with Crippen LogP contribution in [0, 0.1) is 0 Å². The Kier molecular flexibility index (Phi) is 6.82. The molecular formula is C13H25NS. The fraction of sp³-hybridized carbons (Fsp3) is 0.769. The van der Waals surface area contributed by atoms with Crippen LogP contribution in [0.25, 0.3) is 0 Å². The second-order valence-electron chi connectivity index (χ2n) is 4.42. The monoisotopic (exact) mass is 227 g/mol. The minimum absolute atomic E-state index is 0.542. The van der Waals surface area contributed by atoms with E-state index in [1.54, 1.807) is 0 Å². The molecule has 0 aromatic heterocycles.